The molecule has 0 radical (unpaired) electrons. The molecule has 0 unspecified atom stereocenters. The number of nitrogens with zero attached hydrogens (tertiary/aromatic N) is 1. The Morgan fingerprint density at radius 2 is 1.80 bits per heavy atom. The van der Waals surface area contributed by atoms with Crippen LogP contribution in [0.1, 0.15) is 42.1 Å². The maximum absolute atomic E-state index is 12.7. The fraction of sp³-hybridized carbons (Fsp3) is 0.409. The lowest BCUT2D eigenvalue weighted by Crippen LogP contribution is -2.15. The number of anilines is 1. The van der Waals surface area contributed by atoms with Gasteiger partial charge in [0.2, 0.25) is 0 Å². The number of hydrogen-bond donors (Lipinski definition) is 1. The highest BCUT2D eigenvalue weighted by Gasteiger charge is 2.25. The summed E-state index contributed by atoms with van der Waals surface area (Å²) in [6, 6.07) is 10.0. The molecule has 0 saturated heterocycles. The average molecular weight is 416 g/mol. The lowest BCUT2D eigenvalue weighted by Gasteiger charge is -2.13. The molecule has 30 heavy (non-hydrogen) atoms. The Labute approximate surface area is 176 Å². The lowest BCUT2D eigenvalue weighted by molar-refractivity contribution is -0.385. The molecule has 0 fully saturated rings. The Hall–Kier alpha value is -3.13. The number of amides is 1. The third-order valence-corrected chi connectivity index (χ3v) is 4.55. The highest BCUT2D eigenvalue weighted by Crippen LogP contribution is 2.35. The second-order valence-corrected chi connectivity index (χ2v) is 6.73. The summed E-state index contributed by atoms with van der Waals surface area (Å²) in [6.07, 6.45) is 4.43. The largest absolute Gasteiger partial charge is 0.493 e. The van der Waals surface area contributed by atoms with Crippen LogP contribution < -0.4 is 14.8 Å². The maximum atomic E-state index is 12.7. The van der Waals surface area contributed by atoms with Crippen molar-refractivity contribution < 1.29 is 23.9 Å². The number of aryl methyl sites for hydroxylation is 1. The van der Waals surface area contributed by atoms with E-state index in [1.165, 1.54) is 38.3 Å². The number of carbonyl (C=O) groups is 1. The molecule has 1 N–H and O–H groups in total. The van der Waals surface area contributed by atoms with Crippen molar-refractivity contribution >= 4 is 17.3 Å². The quantitative estimate of drug-likeness (QED) is 0.308. The Balaban J connectivity index is 2.20. The van der Waals surface area contributed by atoms with E-state index in [2.05, 4.69) is 12.2 Å². The molecule has 0 aliphatic rings. The van der Waals surface area contributed by atoms with Crippen LogP contribution in [-0.4, -0.2) is 38.3 Å². The van der Waals surface area contributed by atoms with Crippen molar-refractivity contribution in [1.82, 2.24) is 0 Å². The molecule has 0 saturated carbocycles. The number of rotatable bonds is 12. The van der Waals surface area contributed by atoms with Gasteiger partial charge in [0.25, 0.3) is 11.6 Å². The van der Waals surface area contributed by atoms with Gasteiger partial charge in [-0.1, -0.05) is 31.9 Å². The zero-order valence-corrected chi connectivity index (χ0v) is 17.6. The van der Waals surface area contributed by atoms with Crippen LogP contribution in [0.15, 0.2) is 36.4 Å². The molecule has 2 aromatic rings. The Morgan fingerprint density at radius 3 is 2.40 bits per heavy atom. The van der Waals surface area contributed by atoms with Crippen molar-refractivity contribution in [3.63, 3.8) is 0 Å². The van der Waals surface area contributed by atoms with Gasteiger partial charge in [-0.2, -0.15) is 0 Å². The Morgan fingerprint density at radius 1 is 1.07 bits per heavy atom. The molecular formula is C22H28N2O6. The number of ether oxygens (including phenoxy) is 3. The number of nitrogens with one attached hydrogen (secondary N) is 1. The van der Waals surface area contributed by atoms with Crippen LogP contribution >= 0.6 is 0 Å². The van der Waals surface area contributed by atoms with Crippen molar-refractivity contribution in [2.24, 2.45) is 0 Å². The molecule has 0 spiro atoms. The SMILES string of the molecule is CCCCCc1ccc(NC(=O)c2cc(OC)c(OCCOC)cc2[N+](=O)[O-])cc1. The zero-order valence-electron chi connectivity index (χ0n) is 17.6. The number of nitro benzene ring substituents is 1. The van der Waals surface area contributed by atoms with Gasteiger partial charge >= 0.3 is 0 Å². The monoisotopic (exact) mass is 416 g/mol. The molecule has 0 aromatic heterocycles. The van der Waals surface area contributed by atoms with Crippen LogP contribution in [0.2, 0.25) is 0 Å². The standard InChI is InChI=1S/C22H28N2O6/c1-4-5-6-7-16-8-10-17(11-9-16)23-22(25)18-14-20(29-3)21(30-13-12-28-2)15-19(18)24(26)27/h8-11,14-15H,4-7,12-13H2,1-3H3,(H,23,25). The predicted molar refractivity (Wildman–Crippen MR) is 115 cm³/mol. The van der Waals surface area contributed by atoms with E-state index < -0.39 is 10.8 Å². The molecule has 0 aliphatic heterocycles. The van der Waals surface area contributed by atoms with Crippen LogP contribution in [0, 0.1) is 10.1 Å². The minimum Gasteiger partial charge on any atom is -0.493 e. The topological polar surface area (TPSA) is 99.9 Å². The molecule has 0 bridgehead atoms. The summed E-state index contributed by atoms with van der Waals surface area (Å²) in [5.74, 6) is -0.190. The number of nitro groups is 1. The summed E-state index contributed by atoms with van der Waals surface area (Å²) >= 11 is 0. The highest BCUT2D eigenvalue weighted by atomic mass is 16.6. The molecule has 0 atom stereocenters. The summed E-state index contributed by atoms with van der Waals surface area (Å²) in [5.41, 5.74) is 1.28. The second-order valence-electron chi connectivity index (χ2n) is 6.73. The van der Waals surface area contributed by atoms with Gasteiger partial charge in [0.05, 0.1) is 24.7 Å². The van der Waals surface area contributed by atoms with Gasteiger partial charge in [0, 0.05) is 18.9 Å². The van der Waals surface area contributed by atoms with Crippen LogP contribution in [0.4, 0.5) is 11.4 Å². The number of benzene rings is 2. The van der Waals surface area contributed by atoms with E-state index in [-0.39, 0.29) is 29.4 Å². The first-order valence-corrected chi connectivity index (χ1v) is 9.88. The van der Waals surface area contributed by atoms with E-state index in [1.807, 2.05) is 12.1 Å². The fourth-order valence-electron chi connectivity index (χ4n) is 2.92. The van der Waals surface area contributed by atoms with Crippen LogP contribution in [0.5, 0.6) is 11.5 Å². The first-order valence-electron chi connectivity index (χ1n) is 9.88. The van der Waals surface area contributed by atoms with E-state index in [0.717, 1.165) is 19.3 Å². The van der Waals surface area contributed by atoms with Gasteiger partial charge in [0.15, 0.2) is 11.5 Å². The van der Waals surface area contributed by atoms with Crippen LogP contribution in [0.25, 0.3) is 0 Å². The van der Waals surface area contributed by atoms with E-state index in [9.17, 15) is 14.9 Å². The molecule has 0 aliphatic carbocycles. The molecule has 8 heteroatoms. The summed E-state index contributed by atoms with van der Waals surface area (Å²) in [5, 5.41) is 14.2. The van der Waals surface area contributed by atoms with Crippen LogP contribution in [-0.2, 0) is 11.2 Å². The van der Waals surface area contributed by atoms with Crippen LogP contribution in [0.3, 0.4) is 0 Å². The predicted octanol–water partition coefficient (Wildman–Crippen LogP) is 4.61. The number of carbonyl (C=O) groups excluding carboxylic acids is 1. The minimum atomic E-state index is -0.617. The van der Waals surface area contributed by atoms with Crippen molar-refractivity contribution in [3.05, 3.63) is 57.6 Å². The first-order chi connectivity index (χ1) is 14.5. The molecular weight excluding hydrogens is 388 g/mol. The van der Waals surface area contributed by atoms with E-state index >= 15 is 0 Å². The minimum absolute atomic E-state index is 0.108. The Bertz CT molecular complexity index is 851. The Kier molecular flexibility index (Phi) is 9.08. The molecule has 2 rings (SSSR count). The van der Waals surface area contributed by atoms with Gasteiger partial charge in [-0.25, -0.2) is 0 Å². The normalized spacial score (nSPS) is 10.5. The smallest absolute Gasteiger partial charge is 0.286 e. The number of unbranched alkanes of at least 4 members (excludes halogenated alkanes) is 2. The van der Waals surface area contributed by atoms with Gasteiger partial charge in [-0.05, 0) is 30.5 Å². The van der Waals surface area contributed by atoms with Gasteiger partial charge in [-0.3, -0.25) is 14.9 Å². The van der Waals surface area contributed by atoms with Gasteiger partial charge in [-0.15, -0.1) is 0 Å². The zero-order chi connectivity index (χ0) is 21.9. The molecule has 8 nitrogen and oxygen atoms in total. The third-order valence-electron chi connectivity index (χ3n) is 4.55. The molecule has 1 amide bonds. The molecule has 2 aromatic carbocycles. The van der Waals surface area contributed by atoms with E-state index in [1.54, 1.807) is 12.1 Å². The number of methoxy groups -OCH3 is 2. The van der Waals surface area contributed by atoms with Crippen molar-refractivity contribution in [2.75, 3.05) is 32.8 Å². The maximum Gasteiger partial charge on any atom is 0.286 e. The fourth-order valence-corrected chi connectivity index (χ4v) is 2.92. The van der Waals surface area contributed by atoms with Gasteiger partial charge < -0.3 is 19.5 Å². The summed E-state index contributed by atoms with van der Waals surface area (Å²) < 4.78 is 15.6. The summed E-state index contributed by atoms with van der Waals surface area (Å²) in [7, 11) is 2.93. The van der Waals surface area contributed by atoms with Gasteiger partial charge in [0.1, 0.15) is 12.2 Å². The third kappa shape index (κ3) is 6.45. The highest BCUT2D eigenvalue weighted by molar-refractivity contribution is 6.07. The van der Waals surface area contributed by atoms with Crippen molar-refractivity contribution in [2.45, 2.75) is 32.6 Å². The summed E-state index contributed by atoms with van der Waals surface area (Å²) in [6.45, 7) is 2.67. The average Bonchev–Trinajstić information content (AvgIpc) is 2.74. The first kappa shape index (κ1) is 23.2. The van der Waals surface area contributed by atoms with Crippen molar-refractivity contribution in [3.8, 4) is 11.5 Å². The lowest BCUT2D eigenvalue weighted by atomic mass is 10.1. The van der Waals surface area contributed by atoms with Crippen molar-refractivity contribution in [1.29, 1.82) is 0 Å². The van der Waals surface area contributed by atoms with E-state index in [0.29, 0.717) is 12.3 Å². The molecule has 0 heterocycles. The summed E-state index contributed by atoms with van der Waals surface area (Å²) in [4.78, 5) is 23.7. The second kappa shape index (κ2) is 11.8. The van der Waals surface area contributed by atoms with E-state index in [4.69, 9.17) is 14.2 Å². The number of hydrogen-bond acceptors (Lipinski definition) is 6. The molecule has 162 valence electrons.